The minimum absolute atomic E-state index is 0.0456. The molecular weight excluding hydrogens is 348 g/mol. The number of fused-ring (bicyclic) bond motifs is 1. The minimum Gasteiger partial charge on any atom is -0.326 e. The smallest absolute Gasteiger partial charge is 0.258 e. The third-order valence-corrected chi connectivity index (χ3v) is 5.49. The van der Waals surface area contributed by atoms with Crippen molar-refractivity contribution in [3.63, 3.8) is 0 Å². The first kappa shape index (κ1) is 18.2. The van der Waals surface area contributed by atoms with Crippen molar-refractivity contribution in [2.45, 2.75) is 26.2 Å². The highest BCUT2D eigenvalue weighted by Crippen LogP contribution is 2.29. The molecule has 0 aliphatic heterocycles. The van der Waals surface area contributed by atoms with Crippen LogP contribution in [0.3, 0.4) is 0 Å². The topological polar surface area (TPSA) is 49.4 Å². The van der Waals surface area contributed by atoms with Gasteiger partial charge in [0, 0.05) is 29.1 Å². The maximum absolute atomic E-state index is 13.2. The summed E-state index contributed by atoms with van der Waals surface area (Å²) in [7, 11) is 0. The van der Waals surface area contributed by atoms with Crippen molar-refractivity contribution in [3.8, 4) is 0 Å². The van der Waals surface area contributed by atoms with Crippen molar-refractivity contribution >= 4 is 34.0 Å². The van der Waals surface area contributed by atoms with Crippen LogP contribution in [0.5, 0.6) is 0 Å². The summed E-state index contributed by atoms with van der Waals surface area (Å²) in [5.41, 5.74) is 2.26. The molecule has 0 unspecified atom stereocenters. The average molecular weight is 372 g/mol. The van der Waals surface area contributed by atoms with E-state index in [1.54, 1.807) is 29.2 Å². The number of carbonyl (C=O) groups is 2. The number of benzene rings is 3. The van der Waals surface area contributed by atoms with Gasteiger partial charge in [0.05, 0.1) is 5.69 Å². The molecule has 0 bridgehead atoms. The zero-order valence-electron chi connectivity index (χ0n) is 16.0. The van der Waals surface area contributed by atoms with Gasteiger partial charge in [0.15, 0.2) is 0 Å². The lowest BCUT2D eigenvalue weighted by molar-refractivity contribution is -0.122. The molecule has 0 atom stereocenters. The number of carbonyl (C=O) groups excluding carboxylic acids is 2. The minimum atomic E-state index is -0.0456. The van der Waals surface area contributed by atoms with Gasteiger partial charge in [-0.3, -0.25) is 9.59 Å². The number of amides is 2. The summed E-state index contributed by atoms with van der Waals surface area (Å²) >= 11 is 0. The Morgan fingerprint density at radius 2 is 1.68 bits per heavy atom. The Kier molecular flexibility index (Phi) is 5.11. The molecule has 0 aromatic heterocycles. The van der Waals surface area contributed by atoms with Crippen LogP contribution in [0.25, 0.3) is 10.8 Å². The molecule has 4 rings (SSSR count). The van der Waals surface area contributed by atoms with Crippen LogP contribution in [-0.2, 0) is 4.79 Å². The first-order valence-corrected chi connectivity index (χ1v) is 9.88. The molecule has 1 fully saturated rings. The molecule has 4 heteroatoms. The van der Waals surface area contributed by atoms with Gasteiger partial charge in [-0.1, -0.05) is 42.8 Å². The molecule has 1 aliphatic carbocycles. The van der Waals surface area contributed by atoms with Crippen molar-refractivity contribution in [1.29, 1.82) is 0 Å². The monoisotopic (exact) mass is 372 g/mol. The fourth-order valence-corrected chi connectivity index (χ4v) is 3.63. The van der Waals surface area contributed by atoms with E-state index in [-0.39, 0.29) is 17.7 Å². The first-order valence-electron chi connectivity index (χ1n) is 9.88. The Hall–Kier alpha value is -3.14. The highest BCUT2D eigenvalue weighted by molar-refractivity contribution is 6.11. The Balaban J connectivity index is 1.56. The molecule has 0 radical (unpaired) electrons. The fraction of sp³-hybridized carbons (Fsp3) is 0.250. The predicted octanol–water partition coefficient (Wildman–Crippen LogP) is 5.25. The quantitative estimate of drug-likeness (QED) is 0.665. The summed E-state index contributed by atoms with van der Waals surface area (Å²) < 4.78 is 0. The SMILES string of the molecule is CCN(C(=O)c1ccc(NC(=O)C2CCC2)cc1)c1cccc2ccccc12. The lowest BCUT2D eigenvalue weighted by atomic mass is 9.85. The molecule has 0 heterocycles. The van der Waals surface area contributed by atoms with Crippen LogP contribution in [0.2, 0.25) is 0 Å². The summed E-state index contributed by atoms with van der Waals surface area (Å²) in [6.07, 6.45) is 3.07. The van der Waals surface area contributed by atoms with Crippen LogP contribution in [-0.4, -0.2) is 18.4 Å². The van der Waals surface area contributed by atoms with Crippen molar-refractivity contribution < 1.29 is 9.59 Å². The van der Waals surface area contributed by atoms with Gasteiger partial charge in [0.1, 0.15) is 0 Å². The zero-order valence-corrected chi connectivity index (χ0v) is 16.0. The summed E-state index contributed by atoms with van der Waals surface area (Å²) in [4.78, 5) is 27.0. The van der Waals surface area contributed by atoms with Crippen molar-refractivity contribution in [2.75, 3.05) is 16.8 Å². The van der Waals surface area contributed by atoms with E-state index < -0.39 is 0 Å². The van der Waals surface area contributed by atoms with E-state index in [0.717, 1.165) is 41.4 Å². The van der Waals surface area contributed by atoms with Gasteiger partial charge in [-0.2, -0.15) is 0 Å². The number of hydrogen-bond acceptors (Lipinski definition) is 2. The third-order valence-electron chi connectivity index (χ3n) is 5.49. The highest BCUT2D eigenvalue weighted by Gasteiger charge is 2.25. The second-order valence-corrected chi connectivity index (χ2v) is 7.24. The van der Waals surface area contributed by atoms with Crippen molar-refractivity contribution in [2.24, 2.45) is 5.92 Å². The summed E-state index contributed by atoms with van der Waals surface area (Å²) in [5.74, 6) is 0.176. The number of anilines is 2. The predicted molar refractivity (Wildman–Crippen MR) is 114 cm³/mol. The van der Waals surface area contributed by atoms with E-state index in [2.05, 4.69) is 17.4 Å². The van der Waals surface area contributed by atoms with Gasteiger partial charge in [-0.15, -0.1) is 0 Å². The highest BCUT2D eigenvalue weighted by atomic mass is 16.2. The molecular formula is C24H24N2O2. The van der Waals surface area contributed by atoms with Crippen LogP contribution in [0.15, 0.2) is 66.7 Å². The van der Waals surface area contributed by atoms with Gasteiger partial charge >= 0.3 is 0 Å². The molecule has 0 spiro atoms. The van der Waals surface area contributed by atoms with Crippen LogP contribution < -0.4 is 10.2 Å². The normalized spacial score (nSPS) is 13.8. The average Bonchev–Trinajstić information content (AvgIpc) is 2.68. The number of rotatable bonds is 5. The summed E-state index contributed by atoms with van der Waals surface area (Å²) in [6, 6.07) is 21.3. The van der Waals surface area contributed by atoms with E-state index in [9.17, 15) is 9.59 Å². The summed E-state index contributed by atoms with van der Waals surface area (Å²) in [5, 5.41) is 5.12. The maximum atomic E-state index is 13.2. The van der Waals surface area contributed by atoms with E-state index in [0.29, 0.717) is 12.1 Å². The molecule has 1 saturated carbocycles. The lowest BCUT2D eigenvalue weighted by Crippen LogP contribution is -2.31. The van der Waals surface area contributed by atoms with Crippen LogP contribution >= 0.6 is 0 Å². The van der Waals surface area contributed by atoms with Gasteiger partial charge in [-0.05, 0) is 55.5 Å². The molecule has 142 valence electrons. The van der Waals surface area contributed by atoms with Crippen LogP contribution in [0.4, 0.5) is 11.4 Å². The number of nitrogens with zero attached hydrogens (tertiary/aromatic N) is 1. The molecule has 0 saturated heterocycles. The van der Waals surface area contributed by atoms with Gasteiger partial charge in [0.25, 0.3) is 5.91 Å². The van der Waals surface area contributed by atoms with Crippen molar-refractivity contribution in [3.05, 3.63) is 72.3 Å². The van der Waals surface area contributed by atoms with E-state index >= 15 is 0 Å². The fourth-order valence-electron chi connectivity index (χ4n) is 3.63. The van der Waals surface area contributed by atoms with Crippen LogP contribution in [0.1, 0.15) is 36.5 Å². The molecule has 1 aliphatic rings. The Morgan fingerprint density at radius 1 is 0.964 bits per heavy atom. The standard InChI is InChI=1S/C24H24N2O2/c1-2-26(22-12-6-8-17-7-3-4-11-21(17)22)24(28)19-13-15-20(16-14-19)25-23(27)18-9-5-10-18/h3-4,6-8,11-16,18H,2,5,9-10H2,1H3,(H,25,27). The lowest BCUT2D eigenvalue weighted by Gasteiger charge is -2.24. The molecule has 3 aromatic carbocycles. The zero-order chi connectivity index (χ0) is 19.5. The third kappa shape index (κ3) is 3.50. The van der Waals surface area contributed by atoms with Crippen LogP contribution in [0, 0.1) is 5.92 Å². The number of nitrogens with one attached hydrogen (secondary N) is 1. The molecule has 2 amide bonds. The first-order chi connectivity index (χ1) is 13.7. The molecule has 28 heavy (non-hydrogen) atoms. The van der Waals surface area contributed by atoms with Crippen molar-refractivity contribution in [1.82, 2.24) is 0 Å². The molecule has 3 aromatic rings. The van der Waals surface area contributed by atoms with E-state index in [1.165, 1.54) is 0 Å². The van der Waals surface area contributed by atoms with E-state index in [4.69, 9.17) is 0 Å². The Labute approximate surface area is 165 Å². The maximum Gasteiger partial charge on any atom is 0.258 e. The Bertz CT molecular complexity index is 1000. The van der Waals surface area contributed by atoms with Gasteiger partial charge in [-0.25, -0.2) is 0 Å². The van der Waals surface area contributed by atoms with E-state index in [1.807, 2.05) is 37.3 Å². The molecule has 4 nitrogen and oxygen atoms in total. The van der Waals surface area contributed by atoms with Gasteiger partial charge in [0.2, 0.25) is 5.91 Å². The summed E-state index contributed by atoms with van der Waals surface area (Å²) in [6.45, 7) is 2.56. The second kappa shape index (κ2) is 7.85. The van der Waals surface area contributed by atoms with Gasteiger partial charge < -0.3 is 10.2 Å². The largest absolute Gasteiger partial charge is 0.326 e. The Morgan fingerprint density at radius 3 is 2.36 bits per heavy atom. The second-order valence-electron chi connectivity index (χ2n) is 7.24. The molecule has 1 N–H and O–H groups in total. The number of hydrogen-bond donors (Lipinski definition) is 1.